The molecule has 4 N–H and O–H groups in total. The Kier molecular flexibility index (Phi) is 4.78. The topological polar surface area (TPSA) is 78.6 Å². The molecule has 0 aliphatic rings. The van der Waals surface area contributed by atoms with Gasteiger partial charge in [-0.15, -0.1) is 0 Å². The number of hydrogen-bond acceptors (Lipinski definition) is 4. The fourth-order valence-corrected chi connectivity index (χ4v) is 1.44. The first kappa shape index (κ1) is 13.3. The minimum absolute atomic E-state index is 0.0727. The maximum Gasteiger partial charge on any atom is 0.255 e. The van der Waals surface area contributed by atoms with Crippen LogP contribution in [0, 0.1) is 0 Å². The number of aliphatic hydroxyl groups is 1. The summed E-state index contributed by atoms with van der Waals surface area (Å²) in [4.78, 5) is 13.4. The van der Waals surface area contributed by atoms with Gasteiger partial charge in [-0.1, -0.05) is 0 Å². The lowest BCUT2D eigenvalue weighted by Crippen LogP contribution is -2.23. The number of carbonyl (C=O) groups is 1. The van der Waals surface area contributed by atoms with Gasteiger partial charge in [-0.2, -0.15) is 0 Å². The van der Waals surface area contributed by atoms with E-state index in [1.807, 2.05) is 0 Å². The minimum atomic E-state index is -0.0727. The lowest BCUT2D eigenvalue weighted by Gasteiger charge is -2.15. The number of nitrogens with two attached hydrogens (primary N) is 1. The van der Waals surface area contributed by atoms with Crippen molar-refractivity contribution in [3.8, 4) is 0 Å². The van der Waals surface area contributed by atoms with Crippen LogP contribution in [0.25, 0.3) is 0 Å². The second-order valence-corrected chi connectivity index (χ2v) is 4.01. The second kappa shape index (κ2) is 6.10. The Hall–Kier alpha value is -1.75. The first-order valence-corrected chi connectivity index (χ1v) is 5.52. The average molecular weight is 237 g/mol. The van der Waals surface area contributed by atoms with E-state index in [1.54, 1.807) is 32.3 Å². The van der Waals surface area contributed by atoms with Gasteiger partial charge in [0.25, 0.3) is 5.91 Å². The SMILES string of the molecule is CN(C)C(=O)c1ccc(N)cc1NCCCO. The summed E-state index contributed by atoms with van der Waals surface area (Å²) in [5, 5.41) is 11.8. The Morgan fingerprint density at radius 1 is 1.47 bits per heavy atom. The summed E-state index contributed by atoms with van der Waals surface area (Å²) in [6.45, 7) is 0.722. The zero-order chi connectivity index (χ0) is 12.8. The molecule has 0 heterocycles. The fourth-order valence-electron chi connectivity index (χ4n) is 1.44. The van der Waals surface area contributed by atoms with Crippen LogP contribution in [-0.2, 0) is 0 Å². The molecular formula is C12H19N3O2. The third-order valence-corrected chi connectivity index (χ3v) is 2.33. The average Bonchev–Trinajstić information content (AvgIpc) is 2.28. The first-order chi connectivity index (χ1) is 8.06. The summed E-state index contributed by atoms with van der Waals surface area (Å²) >= 11 is 0. The molecule has 17 heavy (non-hydrogen) atoms. The third-order valence-electron chi connectivity index (χ3n) is 2.33. The maximum absolute atomic E-state index is 11.9. The van der Waals surface area contributed by atoms with Crippen LogP contribution in [0.5, 0.6) is 0 Å². The fraction of sp³-hybridized carbons (Fsp3) is 0.417. The molecule has 0 fully saturated rings. The van der Waals surface area contributed by atoms with E-state index in [0.717, 1.165) is 0 Å². The molecule has 0 unspecified atom stereocenters. The van der Waals surface area contributed by atoms with Gasteiger partial charge in [0.05, 0.1) is 5.56 Å². The van der Waals surface area contributed by atoms with Crippen LogP contribution in [0.15, 0.2) is 18.2 Å². The normalized spacial score (nSPS) is 10.1. The van der Waals surface area contributed by atoms with Gasteiger partial charge < -0.3 is 21.1 Å². The van der Waals surface area contributed by atoms with E-state index in [4.69, 9.17) is 10.8 Å². The molecule has 1 aromatic rings. The standard InChI is InChI=1S/C12H19N3O2/c1-15(2)12(17)10-5-4-9(13)8-11(10)14-6-3-7-16/h4-5,8,14,16H,3,6-7,13H2,1-2H3. The van der Waals surface area contributed by atoms with E-state index in [1.165, 1.54) is 4.90 Å². The van der Waals surface area contributed by atoms with E-state index in [-0.39, 0.29) is 12.5 Å². The molecule has 0 saturated heterocycles. The quantitative estimate of drug-likeness (QED) is 0.522. The van der Waals surface area contributed by atoms with Gasteiger partial charge in [0.2, 0.25) is 0 Å². The van der Waals surface area contributed by atoms with Crippen LogP contribution in [0.4, 0.5) is 11.4 Å². The lowest BCUT2D eigenvalue weighted by molar-refractivity contribution is 0.0828. The molecule has 0 bridgehead atoms. The predicted molar refractivity (Wildman–Crippen MR) is 69.1 cm³/mol. The monoisotopic (exact) mass is 237 g/mol. The number of anilines is 2. The summed E-state index contributed by atoms with van der Waals surface area (Å²) in [6.07, 6.45) is 0.629. The number of rotatable bonds is 5. The molecular weight excluding hydrogens is 218 g/mol. The highest BCUT2D eigenvalue weighted by molar-refractivity contribution is 5.99. The summed E-state index contributed by atoms with van der Waals surface area (Å²) in [5.41, 5.74) is 7.59. The highest BCUT2D eigenvalue weighted by atomic mass is 16.3. The van der Waals surface area contributed by atoms with E-state index in [0.29, 0.717) is 29.9 Å². The maximum atomic E-state index is 11.9. The number of nitrogens with one attached hydrogen (secondary N) is 1. The minimum Gasteiger partial charge on any atom is -0.399 e. The van der Waals surface area contributed by atoms with Gasteiger partial charge in [0.1, 0.15) is 0 Å². The molecule has 0 saturated carbocycles. The number of aliphatic hydroxyl groups excluding tert-OH is 1. The molecule has 0 atom stereocenters. The van der Waals surface area contributed by atoms with Gasteiger partial charge in [-0.25, -0.2) is 0 Å². The molecule has 1 amide bonds. The smallest absolute Gasteiger partial charge is 0.255 e. The summed E-state index contributed by atoms with van der Waals surface area (Å²) in [5.74, 6) is -0.0727. The molecule has 0 spiro atoms. The number of amides is 1. The number of carbonyl (C=O) groups excluding carboxylic acids is 1. The molecule has 94 valence electrons. The molecule has 0 aliphatic carbocycles. The van der Waals surface area contributed by atoms with Gasteiger partial charge in [-0.3, -0.25) is 4.79 Å². The highest BCUT2D eigenvalue weighted by Gasteiger charge is 2.13. The molecule has 0 aromatic heterocycles. The van der Waals surface area contributed by atoms with Crippen molar-refractivity contribution in [3.63, 3.8) is 0 Å². The summed E-state index contributed by atoms with van der Waals surface area (Å²) in [6, 6.07) is 5.14. The Bertz CT molecular complexity index is 391. The van der Waals surface area contributed by atoms with Crippen LogP contribution in [0.2, 0.25) is 0 Å². The van der Waals surface area contributed by atoms with Crippen LogP contribution < -0.4 is 11.1 Å². The van der Waals surface area contributed by atoms with Crippen molar-refractivity contribution < 1.29 is 9.90 Å². The van der Waals surface area contributed by atoms with E-state index < -0.39 is 0 Å². The van der Waals surface area contributed by atoms with Gasteiger partial charge >= 0.3 is 0 Å². The second-order valence-electron chi connectivity index (χ2n) is 4.01. The van der Waals surface area contributed by atoms with Crippen LogP contribution in [-0.4, -0.2) is 43.2 Å². The van der Waals surface area contributed by atoms with Crippen molar-refractivity contribution in [3.05, 3.63) is 23.8 Å². The molecule has 0 aliphatic heterocycles. The Labute approximate surface area is 101 Å². The Balaban J connectivity index is 2.91. The zero-order valence-corrected chi connectivity index (χ0v) is 10.2. The lowest BCUT2D eigenvalue weighted by atomic mass is 10.1. The molecule has 5 nitrogen and oxygen atoms in total. The molecule has 1 rings (SSSR count). The van der Waals surface area contributed by atoms with Crippen molar-refractivity contribution in [1.82, 2.24) is 4.90 Å². The number of benzene rings is 1. The van der Waals surface area contributed by atoms with Crippen molar-refractivity contribution >= 4 is 17.3 Å². The van der Waals surface area contributed by atoms with Gasteiger partial charge in [0, 0.05) is 38.6 Å². The van der Waals surface area contributed by atoms with Crippen molar-refractivity contribution in [2.24, 2.45) is 0 Å². The van der Waals surface area contributed by atoms with Crippen molar-refractivity contribution in [2.45, 2.75) is 6.42 Å². The van der Waals surface area contributed by atoms with E-state index in [9.17, 15) is 4.79 Å². The largest absolute Gasteiger partial charge is 0.399 e. The van der Waals surface area contributed by atoms with E-state index in [2.05, 4.69) is 5.32 Å². The molecule has 5 heteroatoms. The van der Waals surface area contributed by atoms with Crippen molar-refractivity contribution in [2.75, 3.05) is 38.3 Å². The number of nitrogen functional groups attached to an aromatic ring is 1. The Morgan fingerprint density at radius 3 is 2.76 bits per heavy atom. The van der Waals surface area contributed by atoms with Crippen LogP contribution in [0.3, 0.4) is 0 Å². The Morgan fingerprint density at radius 2 is 2.18 bits per heavy atom. The van der Waals surface area contributed by atoms with E-state index >= 15 is 0 Å². The molecule has 0 radical (unpaired) electrons. The summed E-state index contributed by atoms with van der Waals surface area (Å²) < 4.78 is 0. The zero-order valence-electron chi connectivity index (χ0n) is 10.2. The first-order valence-electron chi connectivity index (χ1n) is 5.52. The number of nitrogens with zero attached hydrogens (tertiary/aromatic N) is 1. The predicted octanol–water partition coefficient (Wildman–Crippen LogP) is 0.765. The van der Waals surface area contributed by atoms with Gasteiger partial charge in [-0.05, 0) is 24.6 Å². The number of hydrogen-bond donors (Lipinski definition) is 3. The third kappa shape index (κ3) is 3.64. The summed E-state index contributed by atoms with van der Waals surface area (Å²) in [7, 11) is 3.41. The molecule has 1 aromatic carbocycles. The van der Waals surface area contributed by atoms with Crippen LogP contribution >= 0.6 is 0 Å². The van der Waals surface area contributed by atoms with Crippen LogP contribution in [0.1, 0.15) is 16.8 Å². The van der Waals surface area contributed by atoms with Crippen molar-refractivity contribution in [1.29, 1.82) is 0 Å². The van der Waals surface area contributed by atoms with Gasteiger partial charge in [0.15, 0.2) is 0 Å². The highest BCUT2D eigenvalue weighted by Crippen LogP contribution is 2.20.